The molecule has 0 saturated carbocycles. The van der Waals surface area contributed by atoms with Crippen molar-refractivity contribution in [2.24, 2.45) is 0 Å². The summed E-state index contributed by atoms with van der Waals surface area (Å²) in [6.45, 7) is 3.49. The molecule has 2 N–H and O–H groups in total. The summed E-state index contributed by atoms with van der Waals surface area (Å²) in [5.74, 6) is 0.330. The molecular weight excluding hydrogens is 450 g/mol. The minimum absolute atomic E-state index is 0.0387. The Kier molecular flexibility index (Phi) is 7.63. The predicted octanol–water partition coefficient (Wildman–Crippen LogP) is 5.08. The zero-order valence-electron chi connectivity index (χ0n) is 20.1. The van der Waals surface area contributed by atoms with Gasteiger partial charge in [0.1, 0.15) is 0 Å². The van der Waals surface area contributed by atoms with E-state index >= 15 is 0 Å². The number of urea groups is 1. The van der Waals surface area contributed by atoms with Crippen LogP contribution in [0.3, 0.4) is 0 Å². The molecule has 36 heavy (non-hydrogen) atoms. The number of aryl methyl sites for hydroxylation is 1. The van der Waals surface area contributed by atoms with Crippen LogP contribution in [0.15, 0.2) is 66.7 Å². The van der Waals surface area contributed by atoms with Crippen LogP contribution in [0.2, 0.25) is 0 Å². The van der Waals surface area contributed by atoms with Gasteiger partial charge >= 0.3 is 6.03 Å². The van der Waals surface area contributed by atoms with Gasteiger partial charge in [-0.15, -0.1) is 0 Å². The van der Waals surface area contributed by atoms with Crippen molar-refractivity contribution >= 4 is 17.6 Å². The number of hydrogen-bond acceptors (Lipinski definition) is 4. The van der Waals surface area contributed by atoms with Gasteiger partial charge in [0, 0.05) is 30.9 Å². The van der Waals surface area contributed by atoms with E-state index in [4.69, 9.17) is 10.5 Å². The van der Waals surface area contributed by atoms with Crippen LogP contribution in [0.4, 0.5) is 10.5 Å². The number of amides is 3. The highest BCUT2D eigenvalue weighted by atomic mass is 16.2. The smallest absolute Gasteiger partial charge is 0.319 e. The normalized spacial score (nSPS) is 13.4. The maximum Gasteiger partial charge on any atom is 0.319 e. The lowest BCUT2D eigenvalue weighted by Crippen LogP contribution is -2.38. The summed E-state index contributed by atoms with van der Waals surface area (Å²) in [6.07, 6.45) is 1.73. The summed E-state index contributed by atoms with van der Waals surface area (Å²) in [7, 11) is 0. The van der Waals surface area contributed by atoms with Crippen LogP contribution in [0, 0.1) is 29.6 Å². The third-order valence-corrected chi connectivity index (χ3v) is 6.53. The maximum absolute atomic E-state index is 13.3. The molecule has 1 aliphatic rings. The van der Waals surface area contributed by atoms with Crippen LogP contribution in [0.5, 0.6) is 0 Å². The number of likely N-dealkylation sites (tertiary alicyclic amines) is 1. The van der Waals surface area contributed by atoms with Gasteiger partial charge in [0.15, 0.2) is 0 Å². The van der Waals surface area contributed by atoms with Crippen LogP contribution in [0.25, 0.3) is 0 Å². The van der Waals surface area contributed by atoms with Gasteiger partial charge in [0.2, 0.25) is 0 Å². The average molecular weight is 478 g/mol. The molecule has 0 atom stereocenters. The maximum atomic E-state index is 13.3. The fourth-order valence-electron chi connectivity index (χ4n) is 4.45. The van der Waals surface area contributed by atoms with E-state index in [0.29, 0.717) is 41.4 Å². The van der Waals surface area contributed by atoms with Crippen LogP contribution < -0.4 is 10.6 Å². The lowest BCUT2D eigenvalue weighted by Gasteiger charge is -2.32. The molecule has 0 radical (unpaired) electrons. The molecule has 1 aliphatic heterocycles. The number of carbonyl (C=O) groups excluding carboxylic acids is 2. The predicted molar refractivity (Wildman–Crippen MR) is 137 cm³/mol. The van der Waals surface area contributed by atoms with Gasteiger partial charge < -0.3 is 15.5 Å². The van der Waals surface area contributed by atoms with Gasteiger partial charge in [-0.05, 0) is 78.8 Å². The van der Waals surface area contributed by atoms with Crippen molar-refractivity contribution in [1.29, 1.82) is 10.5 Å². The number of hydrogen-bond donors (Lipinski definition) is 2. The summed E-state index contributed by atoms with van der Waals surface area (Å²) in [4.78, 5) is 27.6. The molecule has 7 nitrogen and oxygen atoms in total. The monoisotopic (exact) mass is 477 g/mol. The Bertz CT molecular complexity index is 1340. The number of anilines is 1. The summed E-state index contributed by atoms with van der Waals surface area (Å²) < 4.78 is 0. The molecule has 1 fully saturated rings. The van der Waals surface area contributed by atoms with E-state index in [-0.39, 0.29) is 18.5 Å². The van der Waals surface area contributed by atoms with Gasteiger partial charge in [0.05, 0.1) is 23.3 Å². The Morgan fingerprint density at radius 1 is 0.944 bits per heavy atom. The summed E-state index contributed by atoms with van der Waals surface area (Å²) in [5, 5.41) is 23.6. The lowest BCUT2D eigenvalue weighted by molar-refractivity contribution is 0.0712. The number of piperidine rings is 1. The van der Waals surface area contributed by atoms with E-state index in [0.717, 1.165) is 24.0 Å². The van der Waals surface area contributed by atoms with Gasteiger partial charge in [0.25, 0.3) is 5.91 Å². The van der Waals surface area contributed by atoms with E-state index in [1.807, 2.05) is 48.2 Å². The first kappa shape index (κ1) is 24.5. The molecule has 0 aromatic heterocycles. The summed E-state index contributed by atoms with van der Waals surface area (Å²) in [6, 6.07) is 23.9. The molecule has 3 aromatic rings. The second kappa shape index (κ2) is 11.2. The van der Waals surface area contributed by atoms with Gasteiger partial charge in [-0.25, -0.2) is 4.79 Å². The molecule has 0 unspecified atom stereocenters. The van der Waals surface area contributed by atoms with E-state index in [2.05, 4.69) is 22.8 Å². The van der Waals surface area contributed by atoms with Crippen molar-refractivity contribution < 1.29 is 9.59 Å². The van der Waals surface area contributed by atoms with Crippen molar-refractivity contribution in [3.8, 4) is 12.1 Å². The molecule has 0 aliphatic carbocycles. The Hall–Kier alpha value is -4.62. The first-order valence-corrected chi connectivity index (χ1v) is 11.9. The van der Waals surface area contributed by atoms with Crippen molar-refractivity contribution in [2.75, 3.05) is 18.4 Å². The van der Waals surface area contributed by atoms with E-state index in [1.54, 1.807) is 30.3 Å². The minimum Gasteiger partial charge on any atom is -0.339 e. The number of nitrogens with zero attached hydrogens (tertiary/aromatic N) is 3. The van der Waals surface area contributed by atoms with Crippen LogP contribution in [-0.4, -0.2) is 29.9 Å². The second-order valence-electron chi connectivity index (χ2n) is 8.95. The minimum atomic E-state index is -0.386. The Morgan fingerprint density at radius 2 is 1.67 bits per heavy atom. The molecule has 3 amide bonds. The molecule has 7 heteroatoms. The molecule has 0 spiro atoms. The molecule has 1 heterocycles. The Balaban J connectivity index is 1.35. The summed E-state index contributed by atoms with van der Waals surface area (Å²) in [5.41, 5.74) is 5.19. The van der Waals surface area contributed by atoms with Gasteiger partial charge in [-0.1, -0.05) is 30.3 Å². The first-order valence-electron chi connectivity index (χ1n) is 11.9. The third-order valence-electron chi connectivity index (χ3n) is 6.53. The van der Waals surface area contributed by atoms with E-state index in [1.165, 1.54) is 5.56 Å². The zero-order valence-corrected chi connectivity index (χ0v) is 20.1. The molecule has 180 valence electrons. The topological polar surface area (TPSA) is 109 Å². The SMILES string of the molecule is Cc1ccc(NC(=O)NCc2cccc(C#N)c2)cc1C(=O)N1CCC(c2ccc(C#N)cc2)CC1. The number of benzene rings is 3. The van der Waals surface area contributed by atoms with E-state index in [9.17, 15) is 9.59 Å². The summed E-state index contributed by atoms with van der Waals surface area (Å²) >= 11 is 0. The fourth-order valence-corrected chi connectivity index (χ4v) is 4.45. The van der Waals surface area contributed by atoms with Crippen LogP contribution in [0.1, 0.15) is 56.9 Å². The fraction of sp³-hybridized carbons (Fsp3) is 0.241. The van der Waals surface area contributed by atoms with Crippen molar-refractivity contribution in [2.45, 2.75) is 32.2 Å². The van der Waals surface area contributed by atoms with Crippen molar-refractivity contribution in [1.82, 2.24) is 10.2 Å². The highest BCUT2D eigenvalue weighted by Crippen LogP contribution is 2.29. The molecular formula is C29H27N5O2. The van der Waals surface area contributed by atoms with Gasteiger partial charge in [-0.3, -0.25) is 4.79 Å². The average Bonchev–Trinajstić information content (AvgIpc) is 2.93. The highest BCUT2D eigenvalue weighted by Gasteiger charge is 2.25. The molecule has 1 saturated heterocycles. The van der Waals surface area contributed by atoms with Crippen molar-refractivity contribution in [3.63, 3.8) is 0 Å². The zero-order chi connectivity index (χ0) is 25.5. The van der Waals surface area contributed by atoms with Gasteiger partial charge in [-0.2, -0.15) is 10.5 Å². The Labute approximate surface area is 211 Å². The largest absolute Gasteiger partial charge is 0.339 e. The number of nitrogens with one attached hydrogen (secondary N) is 2. The quantitative estimate of drug-likeness (QED) is 0.534. The number of rotatable bonds is 5. The van der Waals surface area contributed by atoms with Crippen molar-refractivity contribution in [3.05, 3.63) is 100 Å². The molecule has 0 bridgehead atoms. The van der Waals surface area contributed by atoms with Crippen LogP contribution in [-0.2, 0) is 6.54 Å². The first-order chi connectivity index (χ1) is 17.5. The standard InChI is InChI=1S/C29H27N5O2/c1-20-5-10-26(33-29(36)32-19-23-4-2-3-22(15-23)18-31)16-27(20)28(35)34-13-11-25(12-14-34)24-8-6-21(17-30)7-9-24/h2-10,15-16,25H,11-14,19H2,1H3,(H2,32,33,36). The molecule has 4 rings (SSSR count). The third kappa shape index (κ3) is 5.89. The Morgan fingerprint density at radius 3 is 2.36 bits per heavy atom. The lowest BCUT2D eigenvalue weighted by atomic mass is 9.88. The molecule has 3 aromatic carbocycles. The highest BCUT2D eigenvalue weighted by molar-refractivity contribution is 5.98. The number of nitriles is 2. The number of carbonyl (C=O) groups is 2. The van der Waals surface area contributed by atoms with E-state index < -0.39 is 0 Å². The van der Waals surface area contributed by atoms with Crippen LogP contribution >= 0.6 is 0 Å². The second-order valence-corrected chi connectivity index (χ2v) is 8.95.